The molecule has 1 amide bonds. The summed E-state index contributed by atoms with van der Waals surface area (Å²) in [5.74, 6) is -0.346. The summed E-state index contributed by atoms with van der Waals surface area (Å²) in [5, 5.41) is 0.185. The van der Waals surface area contributed by atoms with Crippen LogP contribution >= 0.6 is 0 Å². The van der Waals surface area contributed by atoms with Crippen LogP contribution in [0, 0.1) is 0 Å². The van der Waals surface area contributed by atoms with E-state index < -0.39 is 11.9 Å². The van der Waals surface area contributed by atoms with E-state index in [9.17, 15) is 14.4 Å². The summed E-state index contributed by atoms with van der Waals surface area (Å²) in [5.41, 5.74) is 1.47. The molecular weight excluding hydrogens is 588 g/mol. The Bertz CT molecular complexity index is 1990. The highest BCUT2D eigenvalue weighted by Crippen LogP contribution is 2.39. The number of esters is 1. The molecule has 5 rings (SSSR count). The van der Waals surface area contributed by atoms with E-state index in [-0.39, 0.29) is 46.4 Å². The smallest absolute Gasteiger partial charge is 0.341 e. The Morgan fingerprint density at radius 1 is 0.826 bits per heavy atom. The summed E-state index contributed by atoms with van der Waals surface area (Å²) in [6.07, 6.45) is 2.12. The molecule has 46 heavy (non-hydrogen) atoms. The molecule has 11 nitrogen and oxygen atoms in total. The van der Waals surface area contributed by atoms with Crippen molar-refractivity contribution in [2.75, 3.05) is 26.4 Å². The molecule has 0 radical (unpaired) electrons. The van der Waals surface area contributed by atoms with Crippen molar-refractivity contribution < 1.29 is 28.5 Å². The zero-order valence-electron chi connectivity index (χ0n) is 26.3. The van der Waals surface area contributed by atoms with Gasteiger partial charge in [-0.1, -0.05) is 36.4 Å². The Labute approximate surface area is 265 Å². The molecule has 0 fully saturated rings. The number of hydrogen-bond donors (Lipinski definition) is 0. The predicted molar refractivity (Wildman–Crippen MR) is 173 cm³/mol. The number of amides is 1. The molecule has 0 saturated heterocycles. The van der Waals surface area contributed by atoms with Crippen LogP contribution in [0.3, 0.4) is 0 Å². The largest absolute Gasteiger partial charge is 0.490 e. The SMILES string of the molecule is CCOC(=O)c1cc2c(=O)n3ccccc3nc2n(CCc2ccccc2)c1=NC(=O)c1cc(OCC)c(OCC)c(OCC)c1. The van der Waals surface area contributed by atoms with Gasteiger partial charge in [-0.05, 0) is 70.0 Å². The minimum absolute atomic E-state index is 0.0175. The first-order valence-corrected chi connectivity index (χ1v) is 15.3. The quantitative estimate of drug-likeness (QED) is 0.140. The van der Waals surface area contributed by atoms with E-state index in [1.165, 1.54) is 10.5 Å². The number of fused-ring (bicyclic) bond motifs is 2. The zero-order valence-corrected chi connectivity index (χ0v) is 26.3. The van der Waals surface area contributed by atoms with Crippen LogP contribution in [0.25, 0.3) is 16.7 Å². The van der Waals surface area contributed by atoms with Crippen molar-refractivity contribution in [3.63, 3.8) is 0 Å². The van der Waals surface area contributed by atoms with Crippen molar-refractivity contribution in [3.05, 3.63) is 105 Å². The second kappa shape index (κ2) is 14.6. The molecule has 0 unspecified atom stereocenters. The topological polar surface area (TPSA) is 123 Å². The fourth-order valence-corrected chi connectivity index (χ4v) is 5.13. The van der Waals surface area contributed by atoms with E-state index in [2.05, 4.69) is 4.99 Å². The number of benzene rings is 2. The molecule has 0 atom stereocenters. The number of nitrogens with zero attached hydrogens (tertiary/aromatic N) is 4. The van der Waals surface area contributed by atoms with E-state index in [0.29, 0.717) is 49.1 Å². The van der Waals surface area contributed by atoms with E-state index in [1.54, 1.807) is 48.0 Å². The number of rotatable bonds is 12. The van der Waals surface area contributed by atoms with Crippen LogP contribution in [0.5, 0.6) is 17.2 Å². The van der Waals surface area contributed by atoms with Gasteiger partial charge in [-0.25, -0.2) is 9.78 Å². The summed E-state index contributed by atoms with van der Waals surface area (Å²) >= 11 is 0. The highest BCUT2D eigenvalue weighted by Gasteiger charge is 2.22. The number of aryl methyl sites for hydroxylation is 2. The van der Waals surface area contributed by atoms with Crippen LogP contribution in [0.2, 0.25) is 0 Å². The van der Waals surface area contributed by atoms with Gasteiger partial charge in [0.05, 0.1) is 31.8 Å². The average Bonchev–Trinajstić information content (AvgIpc) is 3.06. The molecule has 0 aliphatic heterocycles. The highest BCUT2D eigenvalue weighted by atomic mass is 16.5. The molecule has 238 valence electrons. The number of pyridine rings is 2. The normalized spacial score (nSPS) is 11.5. The first-order chi connectivity index (χ1) is 22.4. The lowest BCUT2D eigenvalue weighted by Gasteiger charge is -2.17. The van der Waals surface area contributed by atoms with Crippen LogP contribution in [0.15, 0.2) is 82.7 Å². The fraction of sp³-hybridized carbons (Fsp3) is 0.286. The first kappa shape index (κ1) is 32.0. The Morgan fingerprint density at radius 3 is 2.15 bits per heavy atom. The van der Waals surface area contributed by atoms with Crippen LogP contribution < -0.4 is 25.3 Å². The molecule has 0 spiro atoms. The number of ether oxygens (including phenoxy) is 4. The van der Waals surface area contributed by atoms with Gasteiger partial charge in [0, 0.05) is 18.3 Å². The van der Waals surface area contributed by atoms with Crippen molar-refractivity contribution in [2.45, 2.75) is 40.7 Å². The third kappa shape index (κ3) is 6.63. The van der Waals surface area contributed by atoms with Crippen molar-refractivity contribution >= 4 is 28.6 Å². The van der Waals surface area contributed by atoms with Gasteiger partial charge in [0.1, 0.15) is 16.9 Å². The van der Waals surface area contributed by atoms with Gasteiger partial charge in [0.15, 0.2) is 17.0 Å². The van der Waals surface area contributed by atoms with Crippen molar-refractivity contribution in [3.8, 4) is 17.2 Å². The zero-order chi connectivity index (χ0) is 32.6. The number of hydrogen-bond acceptors (Lipinski definition) is 8. The molecule has 3 heterocycles. The van der Waals surface area contributed by atoms with Gasteiger partial charge in [-0.2, -0.15) is 4.99 Å². The number of carbonyl (C=O) groups is 2. The molecular formula is C35H36N4O7. The van der Waals surface area contributed by atoms with Gasteiger partial charge in [-0.3, -0.25) is 14.0 Å². The van der Waals surface area contributed by atoms with Crippen LogP contribution in [-0.2, 0) is 17.7 Å². The summed E-state index contributed by atoms with van der Waals surface area (Å²) in [6, 6.07) is 19.4. The maximum absolute atomic E-state index is 14.0. The first-order valence-electron chi connectivity index (χ1n) is 15.3. The van der Waals surface area contributed by atoms with Crippen LogP contribution in [0.1, 0.15) is 54.0 Å². The van der Waals surface area contributed by atoms with Gasteiger partial charge in [0.2, 0.25) is 5.75 Å². The van der Waals surface area contributed by atoms with Crippen molar-refractivity contribution in [1.82, 2.24) is 14.0 Å². The summed E-state index contributed by atoms with van der Waals surface area (Å²) in [6.45, 7) is 8.52. The predicted octanol–water partition coefficient (Wildman–Crippen LogP) is 5.01. The van der Waals surface area contributed by atoms with Crippen LogP contribution in [-0.4, -0.2) is 52.3 Å². The van der Waals surface area contributed by atoms with E-state index in [4.69, 9.17) is 23.9 Å². The monoisotopic (exact) mass is 624 g/mol. The molecule has 0 aliphatic rings. The summed E-state index contributed by atoms with van der Waals surface area (Å²) in [7, 11) is 0. The molecule has 0 N–H and O–H groups in total. The Hall–Kier alpha value is -5.45. The Morgan fingerprint density at radius 2 is 1.50 bits per heavy atom. The minimum atomic E-state index is -0.723. The molecule has 0 saturated carbocycles. The Balaban J connectivity index is 1.81. The van der Waals surface area contributed by atoms with E-state index >= 15 is 0 Å². The molecule has 0 aliphatic carbocycles. The highest BCUT2D eigenvalue weighted by molar-refractivity contribution is 5.98. The third-order valence-corrected chi connectivity index (χ3v) is 7.12. The Kier molecular flexibility index (Phi) is 10.1. The standard InChI is InChI=1S/C35H36N4O7/c1-5-43-27-20-24(21-28(44-6-2)30(27)45-7-3)33(40)37-32-26(35(42)46-8-4)22-25-31(36-29-16-12-13-18-38(29)34(25)41)39(32)19-17-23-14-10-9-11-15-23/h9-16,18,20-22H,5-8,17,19H2,1-4H3. The number of aromatic nitrogens is 3. The second-order valence-electron chi connectivity index (χ2n) is 10.1. The van der Waals surface area contributed by atoms with Gasteiger partial charge in [-0.15, -0.1) is 0 Å². The molecule has 5 aromatic rings. The second-order valence-corrected chi connectivity index (χ2v) is 10.1. The average molecular weight is 625 g/mol. The molecule has 0 bridgehead atoms. The van der Waals surface area contributed by atoms with Gasteiger partial charge >= 0.3 is 5.97 Å². The number of carbonyl (C=O) groups excluding carboxylic acids is 2. The minimum Gasteiger partial charge on any atom is -0.490 e. The molecule has 2 aromatic carbocycles. The summed E-state index contributed by atoms with van der Waals surface area (Å²) in [4.78, 5) is 50.4. The van der Waals surface area contributed by atoms with Crippen molar-refractivity contribution in [1.29, 1.82) is 0 Å². The lowest BCUT2D eigenvalue weighted by atomic mass is 10.1. The lowest BCUT2D eigenvalue weighted by Crippen LogP contribution is -2.33. The van der Waals surface area contributed by atoms with Gasteiger partial charge < -0.3 is 23.5 Å². The third-order valence-electron chi connectivity index (χ3n) is 7.12. The molecule has 11 heteroatoms. The van der Waals surface area contributed by atoms with E-state index in [0.717, 1.165) is 5.56 Å². The summed E-state index contributed by atoms with van der Waals surface area (Å²) < 4.78 is 25.8. The maximum Gasteiger partial charge on any atom is 0.341 e. The van der Waals surface area contributed by atoms with Crippen LogP contribution in [0.4, 0.5) is 0 Å². The van der Waals surface area contributed by atoms with Crippen molar-refractivity contribution in [2.24, 2.45) is 4.99 Å². The van der Waals surface area contributed by atoms with E-state index in [1.807, 2.05) is 51.1 Å². The lowest BCUT2D eigenvalue weighted by molar-refractivity contribution is 0.0523. The maximum atomic E-state index is 14.0. The fourth-order valence-electron chi connectivity index (χ4n) is 5.13. The molecule has 3 aromatic heterocycles. The van der Waals surface area contributed by atoms with Gasteiger partial charge in [0.25, 0.3) is 11.5 Å².